The molecule has 1 aliphatic rings. The molecule has 2 aromatic carbocycles. The highest BCUT2D eigenvalue weighted by Gasteiger charge is 2.45. The molecule has 11 heteroatoms. The van der Waals surface area contributed by atoms with Crippen LogP contribution in [0.1, 0.15) is 52.6 Å². The number of fused-ring (bicyclic) bond motifs is 1. The number of hydrogen-bond donors (Lipinski definition) is 1. The number of ether oxygens (including phenoxy) is 1. The fourth-order valence-electron chi connectivity index (χ4n) is 3.66. The van der Waals surface area contributed by atoms with E-state index in [1.54, 1.807) is 0 Å². The third kappa shape index (κ3) is 4.62. The molecule has 0 spiro atoms. The normalized spacial score (nSPS) is 13.7. The van der Waals surface area contributed by atoms with Gasteiger partial charge in [-0.05, 0) is 30.9 Å². The quantitative estimate of drug-likeness (QED) is 0.212. The van der Waals surface area contributed by atoms with Gasteiger partial charge in [-0.3, -0.25) is 19.3 Å². The van der Waals surface area contributed by atoms with Crippen LogP contribution in [-0.4, -0.2) is 41.2 Å². The van der Waals surface area contributed by atoms with Gasteiger partial charge in [0.15, 0.2) is 6.61 Å². The van der Waals surface area contributed by atoms with Crippen molar-refractivity contribution in [2.24, 2.45) is 0 Å². The van der Waals surface area contributed by atoms with Gasteiger partial charge in [0, 0.05) is 5.69 Å². The minimum absolute atomic E-state index is 0.180. The molecule has 0 saturated heterocycles. The van der Waals surface area contributed by atoms with Gasteiger partial charge in [0.25, 0.3) is 17.7 Å². The Morgan fingerprint density at radius 3 is 1.82 bits per heavy atom. The van der Waals surface area contributed by atoms with Gasteiger partial charge in [-0.2, -0.15) is 0 Å². The second-order valence-corrected chi connectivity index (χ2v) is 8.99. The van der Waals surface area contributed by atoms with Crippen LogP contribution in [-0.2, 0) is 27.2 Å². The van der Waals surface area contributed by atoms with Gasteiger partial charge >= 0.3 is 5.97 Å². The second kappa shape index (κ2) is 10.5. The minimum atomic E-state index is -1.36. The first-order valence-corrected chi connectivity index (χ1v) is 11.9. The van der Waals surface area contributed by atoms with Crippen LogP contribution in [0.3, 0.4) is 0 Å². The van der Waals surface area contributed by atoms with Crippen molar-refractivity contribution in [3.63, 3.8) is 0 Å². The summed E-state index contributed by atoms with van der Waals surface area (Å²) in [6.45, 7) is 4.61. The summed E-state index contributed by atoms with van der Waals surface area (Å²) in [4.78, 5) is 51.5. The number of para-hydroxylation sites is 1. The summed E-state index contributed by atoms with van der Waals surface area (Å²) < 4.78 is 5.09. The molecule has 2 aromatic rings. The van der Waals surface area contributed by atoms with E-state index in [1.807, 2.05) is 32.0 Å². The molecule has 1 N–H and O–H groups in total. The molecule has 7 nitrogen and oxygen atoms in total. The zero-order chi connectivity index (χ0) is 25.3. The average molecular weight is 546 g/mol. The molecule has 0 fully saturated rings. The Kier molecular flexibility index (Phi) is 8.14. The summed E-state index contributed by atoms with van der Waals surface area (Å²) in [5.41, 5.74) is 2.09. The smallest absolute Gasteiger partial charge is 0.329 e. The van der Waals surface area contributed by atoms with Crippen LogP contribution in [0, 0.1) is 0 Å². The molecule has 0 saturated carbocycles. The SMILES string of the molecule is CCc1cccc(CC)c1NC(=O)COC(=O)[C@H](C)N1C(=O)c2c(Cl)c(Cl)c(Cl)c(Cl)c2C1=O. The van der Waals surface area contributed by atoms with E-state index in [4.69, 9.17) is 51.1 Å². The van der Waals surface area contributed by atoms with Gasteiger partial charge in [0.1, 0.15) is 6.04 Å². The third-order valence-corrected chi connectivity index (χ3v) is 7.27. The number of hydrogen-bond acceptors (Lipinski definition) is 5. The zero-order valence-corrected chi connectivity index (χ0v) is 21.5. The van der Waals surface area contributed by atoms with Crippen molar-refractivity contribution in [1.29, 1.82) is 0 Å². The molecule has 1 heterocycles. The van der Waals surface area contributed by atoms with Gasteiger partial charge in [-0.25, -0.2) is 4.79 Å². The second-order valence-electron chi connectivity index (χ2n) is 7.48. The predicted molar refractivity (Wildman–Crippen MR) is 131 cm³/mol. The Labute approximate surface area is 216 Å². The summed E-state index contributed by atoms with van der Waals surface area (Å²) in [6.07, 6.45) is 1.42. The molecule has 1 aliphatic heterocycles. The number of nitrogens with one attached hydrogen (secondary N) is 1. The number of carbonyl (C=O) groups excluding carboxylic acids is 4. The first-order valence-electron chi connectivity index (χ1n) is 10.4. The lowest BCUT2D eigenvalue weighted by molar-refractivity contribution is -0.150. The van der Waals surface area contributed by atoms with Crippen molar-refractivity contribution in [2.75, 3.05) is 11.9 Å². The highest BCUT2D eigenvalue weighted by atomic mass is 35.5. The Bertz CT molecular complexity index is 1150. The molecular weight excluding hydrogens is 526 g/mol. The maximum atomic E-state index is 12.9. The van der Waals surface area contributed by atoms with Crippen LogP contribution < -0.4 is 5.32 Å². The van der Waals surface area contributed by atoms with Gasteiger partial charge in [-0.15, -0.1) is 0 Å². The number of rotatable bonds is 7. The zero-order valence-electron chi connectivity index (χ0n) is 18.4. The predicted octanol–water partition coefficient (Wildman–Crippen LogP) is 5.59. The molecule has 0 radical (unpaired) electrons. The Morgan fingerprint density at radius 2 is 1.38 bits per heavy atom. The lowest BCUT2D eigenvalue weighted by Crippen LogP contribution is -2.44. The largest absolute Gasteiger partial charge is 0.454 e. The summed E-state index contributed by atoms with van der Waals surface area (Å²) in [5.74, 6) is -3.26. The van der Waals surface area contributed by atoms with Crippen molar-refractivity contribution >= 4 is 75.8 Å². The number of esters is 1. The molecule has 180 valence electrons. The topological polar surface area (TPSA) is 92.8 Å². The number of aryl methyl sites for hydroxylation is 2. The van der Waals surface area contributed by atoms with Crippen LogP contribution in [0.15, 0.2) is 18.2 Å². The molecule has 0 bridgehead atoms. The van der Waals surface area contributed by atoms with Gasteiger partial charge in [0.05, 0.1) is 31.2 Å². The number of halogens is 4. The minimum Gasteiger partial charge on any atom is -0.454 e. The Hall–Kier alpha value is -2.32. The molecule has 0 unspecified atom stereocenters. The van der Waals surface area contributed by atoms with Crippen molar-refractivity contribution in [3.05, 3.63) is 60.5 Å². The van der Waals surface area contributed by atoms with Gasteiger partial charge in [0.2, 0.25) is 0 Å². The maximum absolute atomic E-state index is 12.9. The number of anilines is 1. The molecule has 3 amide bonds. The van der Waals surface area contributed by atoms with E-state index < -0.39 is 36.3 Å². The van der Waals surface area contributed by atoms with E-state index in [0.717, 1.165) is 11.1 Å². The van der Waals surface area contributed by atoms with Crippen molar-refractivity contribution in [1.82, 2.24) is 4.90 Å². The first kappa shape index (κ1) is 26.3. The lowest BCUT2D eigenvalue weighted by atomic mass is 10.0. The van der Waals surface area contributed by atoms with E-state index in [2.05, 4.69) is 5.32 Å². The van der Waals surface area contributed by atoms with Crippen molar-refractivity contribution in [3.8, 4) is 0 Å². The summed E-state index contributed by atoms with van der Waals surface area (Å²) in [7, 11) is 0. The number of nitrogens with zero attached hydrogens (tertiary/aromatic N) is 1. The first-order chi connectivity index (χ1) is 16.0. The fourth-order valence-corrected chi connectivity index (χ4v) is 4.67. The van der Waals surface area contributed by atoms with E-state index in [-0.39, 0.29) is 31.2 Å². The summed E-state index contributed by atoms with van der Waals surface area (Å²) in [5, 5.41) is 1.93. The van der Waals surface area contributed by atoms with Crippen LogP contribution >= 0.6 is 46.4 Å². The number of imide groups is 1. The summed E-state index contributed by atoms with van der Waals surface area (Å²) in [6, 6.07) is 4.36. The van der Waals surface area contributed by atoms with Gasteiger partial charge < -0.3 is 10.1 Å². The summed E-state index contributed by atoms with van der Waals surface area (Å²) >= 11 is 24.2. The van der Waals surface area contributed by atoms with E-state index in [0.29, 0.717) is 23.4 Å². The number of benzene rings is 2. The average Bonchev–Trinajstić information content (AvgIpc) is 3.09. The Morgan fingerprint density at radius 1 is 0.912 bits per heavy atom. The van der Waals surface area contributed by atoms with E-state index >= 15 is 0 Å². The van der Waals surface area contributed by atoms with Crippen LogP contribution in [0.2, 0.25) is 20.1 Å². The number of carbonyl (C=O) groups is 4. The van der Waals surface area contributed by atoms with Crippen molar-refractivity contribution in [2.45, 2.75) is 39.7 Å². The molecule has 34 heavy (non-hydrogen) atoms. The fraction of sp³-hybridized carbons (Fsp3) is 0.304. The highest BCUT2D eigenvalue weighted by Crippen LogP contribution is 2.45. The van der Waals surface area contributed by atoms with Crippen molar-refractivity contribution < 1.29 is 23.9 Å². The maximum Gasteiger partial charge on any atom is 0.329 e. The van der Waals surface area contributed by atoms with E-state index in [9.17, 15) is 19.2 Å². The van der Waals surface area contributed by atoms with E-state index in [1.165, 1.54) is 6.92 Å². The Balaban J connectivity index is 1.73. The van der Waals surface area contributed by atoms with Crippen LogP contribution in [0.25, 0.3) is 0 Å². The standard InChI is InChI=1S/C23H20Cl4N2O5/c1-4-11-7-6-8-12(5-2)20(11)28-13(30)9-34-23(33)10(3)29-21(31)14-15(22(29)32)17(25)19(27)18(26)16(14)24/h6-8,10H,4-5,9H2,1-3H3,(H,28,30)/t10-/m0/s1. The third-order valence-electron chi connectivity index (χ3n) is 5.47. The van der Waals surface area contributed by atoms with Crippen LogP contribution in [0.5, 0.6) is 0 Å². The molecule has 0 aliphatic carbocycles. The lowest BCUT2D eigenvalue weighted by Gasteiger charge is -2.21. The van der Waals surface area contributed by atoms with Crippen LogP contribution in [0.4, 0.5) is 5.69 Å². The number of amides is 3. The molecular formula is C23H20Cl4N2O5. The molecule has 1 atom stereocenters. The molecule has 3 rings (SSSR count). The molecule has 0 aromatic heterocycles. The highest BCUT2D eigenvalue weighted by molar-refractivity contribution is 6.55. The van der Waals surface area contributed by atoms with Gasteiger partial charge in [-0.1, -0.05) is 78.5 Å². The monoisotopic (exact) mass is 544 g/mol.